The Balaban J connectivity index is 1.49. The molecule has 1 aliphatic carbocycles. The lowest BCUT2D eigenvalue weighted by Gasteiger charge is -2.08. The maximum atomic E-state index is 12.9. The van der Waals surface area contributed by atoms with Crippen LogP contribution in [-0.2, 0) is 13.0 Å². The van der Waals surface area contributed by atoms with E-state index < -0.39 is 0 Å². The normalized spacial score (nSPS) is 13.8. The first-order valence-corrected chi connectivity index (χ1v) is 11.3. The summed E-state index contributed by atoms with van der Waals surface area (Å²) in [7, 11) is 0. The third-order valence-corrected chi connectivity index (χ3v) is 6.90. The number of thiophene rings is 1. The number of nitrogens with zero attached hydrogens (tertiary/aromatic N) is 4. The quantitative estimate of drug-likeness (QED) is 0.287. The summed E-state index contributed by atoms with van der Waals surface area (Å²) >= 11 is 3.24. The van der Waals surface area contributed by atoms with Gasteiger partial charge in [-0.2, -0.15) is 0 Å². The van der Waals surface area contributed by atoms with Crippen molar-refractivity contribution >= 4 is 28.9 Å². The number of carbonyl (C=O) groups excluding carboxylic acids is 1. The van der Waals surface area contributed by atoms with Crippen molar-refractivity contribution in [3.05, 3.63) is 63.9 Å². The minimum absolute atomic E-state index is 0.138. The molecule has 4 rings (SSSR count). The number of allylic oxidation sites excluding steroid dienone is 1. The van der Waals surface area contributed by atoms with Gasteiger partial charge in [0.2, 0.25) is 0 Å². The summed E-state index contributed by atoms with van der Waals surface area (Å²) in [6, 6.07) is 6.66. The van der Waals surface area contributed by atoms with E-state index in [4.69, 9.17) is 0 Å². The van der Waals surface area contributed by atoms with Crippen LogP contribution in [0.2, 0.25) is 0 Å². The molecule has 0 radical (unpaired) electrons. The standard InChI is InChI=1S/C21H24N4OS2/c1-4-9-24-14(2)11-18(15(24)3)19(26)13-28-21-23-22-20(25(21)16-7-8-16)12-17-6-5-10-27-17/h4-6,10-11,16H,1,7-9,12-13H2,2-3H3. The third kappa shape index (κ3) is 3.86. The largest absolute Gasteiger partial charge is 0.345 e. The zero-order valence-electron chi connectivity index (χ0n) is 16.2. The Morgan fingerprint density at radius 3 is 2.89 bits per heavy atom. The molecule has 3 heterocycles. The Morgan fingerprint density at radius 1 is 1.39 bits per heavy atom. The smallest absolute Gasteiger partial charge is 0.191 e. The number of hydrogen-bond donors (Lipinski definition) is 0. The molecule has 0 saturated heterocycles. The van der Waals surface area contributed by atoms with E-state index in [0.29, 0.717) is 11.8 Å². The SMILES string of the molecule is C=CCn1c(C)cc(C(=O)CSc2nnc(Cc3cccs3)n2C2CC2)c1C. The first-order valence-electron chi connectivity index (χ1n) is 9.48. The first-order chi connectivity index (χ1) is 13.6. The van der Waals surface area contributed by atoms with E-state index in [-0.39, 0.29) is 5.78 Å². The zero-order chi connectivity index (χ0) is 19.7. The lowest BCUT2D eigenvalue weighted by molar-refractivity contribution is 0.102. The van der Waals surface area contributed by atoms with E-state index in [1.54, 1.807) is 11.3 Å². The first kappa shape index (κ1) is 19.2. The maximum Gasteiger partial charge on any atom is 0.191 e. The molecule has 28 heavy (non-hydrogen) atoms. The summed E-state index contributed by atoms with van der Waals surface area (Å²) in [5.74, 6) is 1.52. The maximum absolute atomic E-state index is 12.9. The number of aryl methyl sites for hydroxylation is 1. The summed E-state index contributed by atoms with van der Waals surface area (Å²) in [5, 5.41) is 11.8. The molecule has 0 N–H and O–H groups in total. The summed E-state index contributed by atoms with van der Waals surface area (Å²) < 4.78 is 4.37. The van der Waals surface area contributed by atoms with Crippen LogP contribution < -0.4 is 0 Å². The van der Waals surface area contributed by atoms with Gasteiger partial charge in [-0.25, -0.2) is 0 Å². The molecule has 1 fully saturated rings. The van der Waals surface area contributed by atoms with Crippen molar-refractivity contribution in [1.29, 1.82) is 0 Å². The van der Waals surface area contributed by atoms with Gasteiger partial charge in [0, 0.05) is 40.8 Å². The topological polar surface area (TPSA) is 52.7 Å². The summed E-state index contributed by atoms with van der Waals surface area (Å²) in [6.45, 7) is 8.55. The van der Waals surface area contributed by atoms with Crippen LogP contribution in [0.15, 0.2) is 41.4 Å². The van der Waals surface area contributed by atoms with Crippen LogP contribution in [0, 0.1) is 13.8 Å². The lowest BCUT2D eigenvalue weighted by atomic mass is 10.2. The molecule has 146 valence electrons. The number of hydrogen-bond acceptors (Lipinski definition) is 5. The monoisotopic (exact) mass is 412 g/mol. The van der Waals surface area contributed by atoms with Crippen LogP contribution in [0.3, 0.4) is 0 Å². The predicted molar refractivity (Wildman–Crippen MR) is 115 cm³/mol. The highest BCUT2D eigenvalue weighted by Gasteiger charge is 2.30. The molecule has 3 aromatic heterocycles. The van der Waals surface area contributed by atoms with Crippen LogP contribution in [0.5, 0.6) is 0 Å². The van der Waals surface area contributed by atoms with Crippen molar-refractivity contribution in [1.82, 2.24) is 19.3 Å². The minimum atomic E-state index is 0.138. The molecule has 0 atom stereocenters. The van der Waals surface area contributed by atoms with E-state index in [1.807, 2.05) is 26.0 Å². The fraction of sp³-hybridized carbons (Fsp3) is 0.381. The van der Waals surface area contributed by atoms with E-state index in [2.05, 4.69) is 43.4 Å². The zero-order valence-corrected chi connectivity index (χ0v) is 17.9. The number of ketones is 1. The predicted octanol–water partition coefficient (Wildman–Crippen LogP) is 4.84. The van der Waals surface area contributed by atoms with Crippen molar-refractivity contribution in [2.45, 2.75) is 50.9 Å². The Morgan fingerprint density at radius 2 is 2.21 bits per heavy atom. The van der Waals surface area contributed by atoms with Crippen LogP contribution in [0.25, 0.3) is 0 Å². The van der Waals surface area contributed by atoms with Crippen LogP contribution in [0.4, 0.5) is 0 Å². The van der Waals surface area contributed by atoms with Crippen molar-refractivity contribution in [2.24, 2.45) is 0 Å². The molecule has 0 spiro atoms. The van der Waals surface area contributed by atoms with Gasteiger partial charge in [-0.05, 0) is 44.2 Å². The molecule has 0 aromatic carbocycles. The van der Waals surface area contributed by atoms with Crippen LogP contribution >= 0.6 is 23.1 Å². The molecule has 0 amide bonds. The van der Waals surface area contributed by atoms with Crippen molar-refractivity contribution < 1.29 is 4.79 Å². The Bertz CT molecular complexity index is 996. The highest BCUT2D eigenvalue weighted by atomic mass is 32.2. The molecule has 1 aliphatic rings. The van der Waals surface area contributed by atoms with Crippen molar-refractivity contribution in [3.63, 3.8) is 0 Å². The Kier molecular flexibility index (Phi) is 5.55. The minimum Gasteiger partial charge on any atom is -0.345 e. The molecule has 1 saturated carbocycles. The van der Waals surface area contributed by atoms with Gasteiger partial charge in [-0.1, -0.05) is 23.9 Å². The molecule has 7 heteroatoms. The van der Waals surface area contributed by atoms with Crippen molar-refractivity contribution in [3.8, 4) is 0 Å². The molecule has 5 nitrogen and oxygen atoms in total. The highest BCUT2D eigenvalue weighted by Crippen LogP contribution is 2.39. The van der Waals surface area contributed by atoms with Gasteiger partial charge in [0.15, 0.2) is 10.9 Å². The average Bonchev–Trinajstić information content (AvgIpc) is 3.11. The summed E-state index contributed by atoms with van der Waals surface area (Å²) in [4.78, 5) is 14.1. The Labute approximate surface area is 173 Å². The molecule has 0 bridgehead atoms. The van der Waals surface area contributed by atoms with Gasteiger partial charge in [0.25, 0.3) is 0 Å². The van der Waals surface area contributed by atoms with E-state index in [0.717, 1.165) is 40.9 Å². The molecule has 0 unspecified atom stereocenters. The molecule has 0 aliphatic heterocycles. The van der Waals surface area contributed by atoms with Gasteiger partial charge in [-0.15, -0.1) is 28.1 Å². The molecule has 3 aromatic rings. The second-order valence-electron chi connectivity index (χ2n) is 7.15. The fourth-order valence-electron chi connectivity index (χ4n) is 3.50. The van der Waals surface area contributed by atoms with Crippen LogP contribution in [-0.4, -0.2) is 30.9 Å². The summed E-state index contributed by atoms with van der Waals surface area (Å²) in [5.41, 5.74) is 2.89. The molecular formula is C21H24N4OS2. The van der Waals surface area contributed by atoms with Crippen molar-refractivity contribution in [2.75, 3.05) is 5.75 Å². The van der Waals surface area contributed by atoms with Gasteiger partial charge < -0.3 is 9.13 Å². The van der Waals surface area contributed by atoms with Gasteiger partial charge in [0.05, 0.1) is 5.75 Å². The van der Waals surface area contributed by atoms with E-state index >= 15 is 0 Å². The van der Waals surface area contributed by atoms with E-state index in [1.165, 1.54) is 29.5 Å². The van der Waals surface area contributed by atoms with Gasteiger partial charge in [-0.3, -0.25) is 4.79 Å². The third-order valence-electron chi connectivity index (χ3n) is 5.08. The average molecular weight is 413 g/mol. The van der Waals surface area contributed by atoms with Gasteiger partial charge >= 0.3 is 0 Å². The summed E-state index contributed by atoms with van der Waals surface area (Å²) in [6.07, 6.45) is 4.99. The Hall–Kier alpha value is -2.12. The lowest BCUT2D eigenvalue weighted by Crippen LogP contribution is -2.08. The highest BCUT2D eigenvalue weighted by molar-refractivity contribution is 7.99. The molecular weight excluding hydrogens is 388 g/mol. The number of thioether (sulfide) groups is 1. The van der Waals surface area contributed by atoms with E-state index in [9.17, 15) is 4.79 Å². The number of carbonyl (C=O) groups is 1. The van der Waals surface area contributed by atoms with Crippen LogP contribution in [0.1, 0.15) is 51.3 Å². The second-order valence-corrected chi connectivity index (χ2v) is 9.13. The fourth-order valence-corrected chi connectivity index (χ4v) is 5.11. The van der Waals surface area contributed by atoms with Gasteiger partial charge in [0.1, 0.15) is 5.82 Å². The number of Topliss-reactive ketones (excluding diaryl/α,β-unsaturated/α-hetero) is 1. The number of aromatic nitrogens is 4. The second kappa shape index (κ2) is 8.09. The number of rotatable bonds is 9.